The fraction of sp³-hybridized carbons (Fsp3) is 0.467. The summed E-state index contributed by atoms with van der Waals surface area (Å²) in [5.74, 6) is 0.862. The van der Waals surface area contributed by atoms with Gasteiger partial charge in [-0.2, -0.15) is 0 Å². The zero-order chi connectivity index (χ0) is 15.2. The smallest absolute Gasteiger partial charge is 0.306 e. The number of rotatable bonds is 5. The van der Waals surface area contributed by atoms with Gasteiger partial charge >= 0.3 is 5.97 Å². The van der Waals surface area contributed by atoms with Crippen LogP contribution < -0.4 is 14.8 Å². The van der Waals surface area contributed by atoms with Gasteiger partial charge in [-0.15, -0.1) is 0 Å². The summed E-state index contributed by atoms with van der Waals surface area (Å²) in [6.07, 6.45) is 0.207. The molecule has 1 N–H and O–H groups in total. The Hall–Kier alpha value is -2.24. The molecular formula is C15H19NO5. The van der Waals surface area contributed by atoms with Gasteiger partial charge in [0.05, 0.1) is 13.5 Å². The maximum absolute atomic E-state index is 11.7. The minimum Gasteiger partial charge on any atom is -0.486 e. The molecule has 0 aromatic heterocycles. The first-order chi connectivity index (χ1) is 10.1. The summed E-state index contributed by atoms with van der Waals surface area (Å²) in [6.45, 7) is 3.42. The van der Waals surface area contributed by atoms with Crippen molar-refractivity contribution in [2.24, 2.45) is 0 Å². The van der Waals surface area contributed by atoms with Crippen LogP contribution in [-0.4, -0.2) is 32.2 Å². The van der Waals surface area contributed by atoms with E-state index in [2.05, 4.69) is 10.1 Å². The van der Waals surface area contributed by atoms with Gasteiger partial charge in [-0.25, -0.2) is 0 Å². The van der Waals surface area contributed by atoms with Crippen molar-refractivity contribution in [3.8, 4) is 11.5 Å². The van der Waals surface area contributed by atoms with E-state index in [4.69, 9.17) is 9.47 Å². The average molecular weight is 293 g/mol. The number of carbonyl (C=O) groups excluding carboxylic acids is 2. The predicted molar refractivity (Wildman–Crippen MR) is 75.3 cm³/mol. The average Bonchev–Trinajstić information content (AvgIpc) is 2.50. The number of aryl methyl sites for hydroxylation is 1. The van der Waals surface area contributed by atoms with E-state index in [9.17, 15) is 9.59 Å². The molecule has 1 aliphatic heterocycles. The van der Waals surface area contributed by atoms with Gasteiger partial charge in [-0.1, -0.05) is 0 Å². The molecule has 0 saturated heterocycles. The Balaban J connectivity index is 1.91. The van der Waals surface area contributed by atoms with Crippen molar-refractivity contribution in [3.05, 3.63) is 23.3 Å². The third-order valence-electron chi connectivity index (χ3n) is 3.26. The van der Waals surface area contributed by atoms with Gasteiger partial charge in [0.1, 0.15) is 13.2 Å². The maximum Gasteiger partial charge on any atom is 0.306 e. The lowest BCUT2D eigenvalue weighted by Gasteiger charge is -2.20. The number of fused-ring (bicyclic) bond motifs is 1. The van der Waals surface area contributed by atoms with E-state index < -0.39 is 0 Å². The highest BCUT2D eigenvalue weighted by atomic mass is 16.6. The number of ether oxygens (including phenoxy) is 3. The van der Waals surface area contributed by atoms with E-state index >= 15 is 0 Å². The normalized spacial score (nSPS) is 12.7. The highest BCUT2D eigenvalue weighted by molar-refractivity contribution is 5.81. The number of hydrogen-bond acceptors (Lipinski definition) is 5. The van der Waals surface area contributed by atoms with Crippen molar-refractivity contribution in [3.63, 3.8) is 0 Å². The van der Waals surface area contributed by atoms with Gasteiger partial charge in [0.15, 0.2) is 11.5 Å². The van der Waals surface area contributed by atoms with Crippen LogP contribution in [0.25, 0.3) is 0 Å². The second-order valence-corrected chi connectivity index (χ2v) is 4.78. The molecule has 0 bridgehead atoms. The van der Waals surface area contributed by atoms with Crippen molar-refractivity contribution in [2.75, 3.05) is 20.3 Å². The van der Waals surface area contributed by atoms with Crippen molar-refractivity contribution in [2.45, 2.75) is 26.3 Å². The zero-order valence-corrected chi connectivity index (χ0v) is 12.2. The molecule has 1 aromatic carbocycles. The highest BCUT2D eigenvalue weighted by Crippen LogP contribution is 2.32. The fourth-order valence-electron chi connectivity index (χ4n) is 2.02. The second kappa shape index (κ2) is 6.97. The summed E-state index contributed by atoms with van der Waals surface area (Å²) >= 11 is 0. The number of amides is 1. The van der Waals surface area contributed by atoms with Gasteiger partial charge in [0.25, 0.3) is 0 Å². The van der Waals surface area contributed by atoms with E-state index in [0.717, 1.165) is 16.9 Å². The van der Waals surface area contributed by atoms with Crippen LogP contribution in [0.1, 0.15) is 24.0 Å². The van der Waals surface area contributed by atoms with E-state index in [1.807, 2.05) is 19.1 Å². The van der Waals surface area contributed by atoms with Crippen molar-refractivity contribution in [1.29, 1.82) is 0 Å². The SMILES string of the molecule is COC(=O)CCC(=O)NCc1cc2c(cc1C)OCCO2. The maximum atomic E-state index is 11.7. The molecule has 0 fully saturated rings. The Kier molecular flexibility index (Phi) is 5.03. The number of nitrogens with one attached hydrogen (secondary N) is 1. The monoisotopic (exact) mass is 293 g/mol. The zero-order valence-electron chi connectivity index (χ0n) is 12.2. The van der Waals surface area contributed by atoms with Crippen LogP contribution in [-0.2, 0) is 20.9 Å². The first-order valence-electron chi connectivity index (χ1n) is 6.83. The molecule has 1 aromatic rings. The third kappa shape index (κ3) is 4.11. The molecular weight excluding hydrogens is 274 g/mol. The van der Waals surface area contributed by atoms with E-state index in [0.29, 0.717) is 25.5 Å². The Morgan fingerprint density at radius 2 is 1.86 bits per heavy atom. The molecule has 2 rings (SSSR count). The number of carbonyl (C=O) groups is 2. The molecule has 0 unspecified atom stereocenters. The van der Waals surface area contributed by atoms with Crippen LogP contribution in [0.4, 0.5) is 0 Å². The molecule has 0 spiro atoms. The number of esters is 1. The molecule has 6 heteroatoms. The van der Waals surface area contributed by atoms with Crippen LogP contribution in [0, 0.1) is 6.92 Å². The summed E-state index contributed by atoms with van der Waals surface area (Å²) in [7, 11) is 1.30. The third-order valence-corrected chi connectivity index (χ3v) is 3.26. The van der Waals surface area contributed by atoms with Gasteiger partial charge in [0.2, 0.25) is 5.91 Å². The molecule has 1 aliphatic rings. The highest BCUT2D eigenvalue weighted by Gasteiger charge is 2.14. The van der Waals surface area contributed by atoms with E-state index in [1.54, 1.807) is 0 Å². The first kappa shape index (κ1) is 15.2. The Bertz CT molecular complexity index is 541. The van der Waals surface area contributed by atoms with Gasteiger partial charge in [-0.3, -0.25) is 9.59 Å². The van der Waals surface area contributed by atoms with Crippen molar-refractivity contribution >= 4 is 11.9 Å². The lowest BCUT2D eigenvalue weighted by Crippen LogP contribution is -2.24. The van der Waals surface area contributed by atoms with E-state index in [-0.39, 0.29) is 24.7 Å². The Labute approximate surface area is 123 Å². The predicted octanol–water partition coefficient (Wildman–Crippen LogP) is 1.34. The second-order valence-electron chi connectivity index (χ2n) is 4.78. The van der Waals surface area contributed by atoms with Crippen LogP contribution >= 0.6 is 0 Å². The standard InChI is InChI=1S/C15H19NO5/c1-10-7-12-13(21-6-5-20-12)8-11(10)9-16-14(17)3-4-15(18)19-2/h7-8H,3-6,9H2,1-2H3,(H,16,17). The van der Waals surface area contributed by atoms with Crippen LogP contribution in [0.3, 0.4) is 0 Å². The molecule has 0 atom stereocenters. The molecule has 1 amide bonds. The van der Waals surface area contributed by atoms with Crippen molar-refractivity contribution in [1.82, 2.24) is 5.32 Å². The number of hydrogen-bond donors (Lipinski definition) is 1. The molecule has 1 heterocycles. The number of methoxy groups -OCH3 is 1. The van der Waals surface area contributed by atoms with Crippen LogP contribution in [0.2, 0.25) is 0 Å². The van der Waals surface area contributed by atoms with Gasteiger partial charge in [-0.05, 0) is 30.2 Å². The molecule has 21 heavy (non-hydrogen) atoms. The minimum atomic E-state index is -0.388. The minimum absolute atomic E-state index is 0.0858. The van der Waals surface area contributed by atoms with Crippen LogP contribution in [0.5, 0.6) is 11.5 Å². The molecule has 0 radical (unpaired) electrons. The molecule has 0 saturated carbocycles. The largest absolute Gasteiger partial charge is 0.486 e. The van der Waals surface area contributed by atoms with Crippen LogP contribution in [0.15, 0.2) is 12.1 Å². The summed E-state index contributed by atoms with van der Waals surface area (Å²) in [5, 5.41) is 2.78. The first-order valence-corrected chi connectivity index (χ1v) is 6.83. The molecule has 114 valence electrons. The fourth-order valence-corrected chi connectivity index (χ4v) is 2.02. The lowest BCUT2D eigenvalue weighted by molar-refractivity contribution is -0.142. The molecule has 6 nitrogen and oxygen atoms in total. The van der Waals surface area contributed by atoms with E-state index in [1.165, 1.54) is 7.11 Å². The lowest BCUT2D eigenvalue weighted by atomic mass is 10.1. The van der Waals surface area contributed by atoms with Gasteiger partial charge < -0.3 is 19.5 Å². The van der Waals surface area contributed by atoms with Gasteiger partial charge in [0, 0.05) is 13.0 Å². The summed E-state index contributed by atoms with van der Waals surface area (Å²) in [4.78, 5) is 22.6. The quantitative estimate of drug-likeness (QED) is 0.829. The summed E-state index contributed by atoms with van der Waals surface area (Å²) in [6, 6.07) is 3.79. The summed E-state index contributed by atoms with van der Waals surface area (Å²) in [5.41, 5.74) is 1.98. The van der Waals surface area contributed by atoms with Crippen molar-refractivity contribution < 1.29 is 23.8 Å². The topological polar surface area (TPSA) is 73.9 Å². The molecule has 0 aliphatic carbocycles. The number of benzene rings is 1. The summed E-state index contributed by atoms with van der Waals surface area (Å²) < 4.78 is 15.5. The Morgan fingerprint density at radius 1 is 1.19 bits per heavy atom. The Morgan fingerprint density at radius 3 is 2.52 bits per heavy atom.